The van der Waals surface area contributed by atoms with Gasteiger partial charge in [0.05, 0.1) is 12.7 Å². The molecule has 0 bridgehead atoms. The third kappa shape index (κ3) is 9.69. The van der Waals surface area contributed by atoms with Crippen LogP contribution in [-0.2, 0) is 31.6 Å². The van der Waals surface area contributed by atoms with E-state index in [1.54, 1.807) is 0 Å². The van der Waals surface area contributed by atoms with Crippen molar-refractivity contribution in [2.45, 2.75) is 38.8 Å². The molecule has 6 N–H and O–H groups in total. The Kier molecular flexibility index (Phi) is 9.06. The number of rotatable bonds is 11. The number of halogens is 1. The number of ether oxygens (including phenoxy) is 1. The number of aromatic nitrogens is 2. The lowest BCUT2D eigenvalue weighted by molar-refractivity contribution is -0.131. The molecule has 0 saturated heterocycles. The summed E-state index contributed by atoms with van der Waals surface area (Å²) in [5, 5.41) is 0. The molecule has 4 atom stereocenters. The molecule has 0 aliphatic heterocycles. The van der Waals surface area contributed by atoms with Gasteiger partial charge in [-0.25, -0.2) is 23.1 Å². The van der Waals surface area contributed by atoms with Gasteiger partial charge in [0.25, 0.3) is 0 Å². The van der Waals surface area contributed by atoms with E-state index in [0.717, 1.165) is 4.57 Å². The van der Waals surface area contributed by atoms with E-state index in [9.17, 15) is 23.0 Å². The second kappa shape index (κ2) is 9.90. The predicted molar refractivity (Wildman–Crippen MR) is 102 cm³/mol. The lowest BCUT2D eigenvalue weighted by Crippen LogP contribution is -2.35. The van der Waals surface area contributed by atoms with Crippen molar-refractivity contribution in [2.75, 3.05) is 12.3 Å². The molecule has 1 aromatic heterocycles. The minimum Gasteiger partial charge on any atom is -0.384 e. The molecule has 0 fully saturated rings. The van der Waals surface area contributed by atoms with Gasteiger partial charge in [-0.2, -0.15) is 8.62 Å². The summed E-state index contributed by atoms with van der Waals surface area (Å²) in [4.78, 5) is 39.3. The van der Waals surface area contributed by atoms with Gasteiger partial charge in [0, 0.05) is 6.20 Å². The summed E-state index contributed by atoms with van der Waals surface area (Å²) in [5.41, 5.74) is 3.48. The third-order valence-electron chi connectivity index (χ3n) is 2.94. The lowest BCUT2D eigenvalue weighted by atomic mass is 10.1. The van der Waals surface area contributed by atoms with Crippen molar-refractivity contribution < 1.29 is 55.5 Å². The van der Waals surface area contributed by atoms with E-state index in [1.165, 1.54) is 33.0 Å². The van der Waals surface area contributed by atoms with Crippen LogP contribution in [0.25, 0.3) is 0 Å². The van der Waals surface area contributed by atoms with Crippen LogP contribution in [0.4, 0.5) is 10.2 Å². The molecule has 0 amide bonds. The maximum absolute atomic E-state index is 14.7. The highest BCUT2D eigenvalue weighted by Crippen LogP contribution is 2.66. The SMILES string of the molecule is C[C@@H](COP(=O)(O)OP(=O)(O)OP(=O)(O)O)O[C@@H](n1ccc(N)nc1=S)C(C)(C)F. The molecule has 0 aromatic carbocycles. The van der Waals surface area contributed by atoms with Crippen LogP contribution < -0.4 is 5.73 Å². The monoisotopic (exact) mass is 515 g/mol. The summed E-state index contributed by atoms with van der Waals surface area (Å²) >= 11 is 5.02. The Morgan fingerprint density at radius 2 is 1.80 bits per heavy atom. The van der Waals surface area contributed by atoms with Gasteiger partial charge in [-0.1, -0.05) is 0 Å². The number of nitrogen functional groups attached to an aromatic ring is 1. The zero-order valence-corrected chi connectivity index (χ0v) is 19.3. The largest absolute Gasteiger partial charge is 0.490 e. The molecule has 0 saturated carbocycles. The smallest absolute Gasteiger partial charge is 0.384 e. The van der Waals surface area contributed by atoms with E-state index in [4.69, 9.17) is 37.4 Å². The molecule has 19 heteroatoms. The Morgan fingerprint density at radius 3 is 2.27 bits per heavy atom. The summed E-state index contributed by atoms with van der Waals surface area (Å²) < 4.78 is 66.4. The van der Waals surface area contributed by atoms with Crippen LogP contribution in [0.1, 0.15) is 27.0 Å². The second-order valence-electron chi connectivity index (χ2n) is 6.29. The molecule has 30 heavy (non-hydrogen) atoms. The van der Waals surface area contributed by atoms with Gasteiger partial charge >= 0.3 is 23.5 Å². The zero-order valence-electron chi connectivity index (χ0n) is 15.8. The fraction of sp³-hybridized carbons (Fsp3) is 0.636. The maximum Gasteiger partial charge on any atom is 0.490 e. The molecule has 0 spiro atoms. The average Bonchev–Trinajstić information content (AvgIpc) is 2.46. The van der Waals surface area contributed by atoms with Crippen molar-refractivity contribution in [1.82, 2.24) is 9.55 Å². The zero-order chi connectivity index (χ0) is 23.5. The van der Waals surface area contributed by atoms with Gasteiger partial charge in [-0.05, 0) is 39.1 Å². The van der Waals surface area contributed by atoms with E-state index in [2.05, 4.69) is 18.1 Å². The van der Waals surface area contributed by atoms with Crippen molar-refractivity contribution in [3.05, 3.63) is 17.0 Å². The van der Waals surface area contributed by atoms with Gasteiger partial charge < -0.3 is 30.0 Å². The molecule has 174 valence electrons. The highest BCUT2D eigenvalue weighted by molar-refractivity contribution is 7.71. The molecule has 0 aliphatic carbocycles. The van der Waals surface area contributed by atoms with Crippen LogP contribution in [0.5, 0.6) is 0 Å². The molecule has 1 aromatic rings. The first kappa shape index (κ1) is 27.4. The highest BCUT2D eigenvalue weighted by atomic mass is 32.1. The first-order valence-electron chi connectivity index (χ1n) is 7.79. The lowest BCUT2D eigenvalue weighted by Gasteiger charge is -2.31. The number of phosphoric acid groups is 3. The number of nitrogens with two attached hydrogens (primary N) is 1. The van der Waals surface area contributed by atoms with Gasteiger partial charge in [0.2, 0.25) is 4.77 Å². The van der Waals surface area contributed by atoms with Crippen molar-refractivity contribution in [3.8, 4) is 0 Å². The Hall–Kier alpha value is -0.600. The number of anilines is 1. The molecule has 1 rings (SSSR count). The summed E-state index contributed by atoms with van der Waals surface area (Å²) in [6.07, 6.45) is -1.17. The van der Waals surface area contributed by atoms with E-state index >= 15 is 0 Å². The normalized spacial score (nSPS) is 18.9. The minimum atomic E-state index is -5.65. The second-order valence-corrected chi connectivity index (χ2v) is 11.1. The topological polar surface area (TPSA) is 213 Å². The van der Waals surface area contributed by atoms with Gasteiger partial charge in [-0.3, -0.25) is 9.09 Å². The predicted octanol–water partition coefficient (Wildman–Crippen LogP) is 2.19. The average molecular weight is 515 g/mol. The van der Waals surface area contributed by atoms with Crippen LogP contribution in [-0.4, -0.2) is 47.5 Å². The maximum atomic E-state index is 14.7. The number of hydrogen-bond donors (Lipinski definition) is 5. The summed E-state index contributed by atoms with van der Waals surface area (Å²) in [5.74, 6) is 0.0902. The standard InChI is InChI=1S/C11H21FN3O11P3S/c1-7(6-23-28(19,20)26-29(21,22)25-27(16,17)18)24-9(11(2,3)12)15-5-4-8(13)14-10(15)30/h4-5,7,9H,6H2,1-3H3,(H,19,20)(H,21,22)(H2,13,14,30)(H2,16,17,18)/t7-,9+/m0/s1. The van der Waals surface area contributed by atoms with Gasteiger partial charge in [0.15, 0.2) is 6.23 Å². The van der Waals surface area contributed by atoms with Crippen LogP contribution in [0.3, 0.4) is 0 Å². The van der Waals surface area contributed by atoms with Crippen LogP contribution >= 0.6 is 35.7 Å². The number of nitrogens with zero attached hydrogens (tertiary/aromatic N) is 2. The number of hydrogen-bond acceptors (Lipinski definition) is 10. The Morgan fingerprint density at radius 1 is 1.23 bits per heavy atom. The molecular formula is C11H21FN3O11P3S. The Bertz CT molecular complexity index is 948. The van der Waals surface area contributed by atoms with E-state index in [1.807, 2.05) is 0 Å². The molecule has 1 heterocycles. The molecule has 0 aliphatic rings. The first-order chi connectivity index (χ1) is 13.3. The van der Waals surface area contributed by atoms with E-state index < -0.39 is 48.1 Å². The number of phosphoric ester groups is 1. The fourth-order valence-corrected chi connectivity index (χ4v) is 5.28. The quantitative estimate of drug-likeness (QED) is 0.211. The Balaban J connectivity index is 2.86. The van der Waals surface area contributed by atoms with Crippen molar-refractivity contribution in [1.29, 1.82) is 0 Å². The minimum absolute atomic E-state index is 0.0902. The summed E-state index contributed by atoms with van der Waals surface area (Å²) in [6, 6.07) is 1.34. The summed E-state index contributed by atoms with van der Waals surface area (Å²) in [7, 11) is -16.5. The highest BCUT2D eigenvalue weighted by Gasteiger charge is 2.41. The van der Waals surface area contributed by atoms with Gasteiger partial charge in [0.1, 0.15) is 11.5 Å². The first-order valence-corrected chi connectivity index (χ1v) is 12.7. The van der Waals surface area contributed by atoms with E-state index in [0.29, 0.717) is 0 Å². The fourth-order valence-electron chi connectivity index (χ4n) is 1.92. The molecule has 0 radical (unpaired) electrons. The number of alkyl halides is 1. The summed E-state index contributed by atoms with van der Waals surface area (Å²) in [6.45, 7) is 2.87. The molecular weight excluding hydrogens is 494 g/mol. The Labute approximate surface area is 175 Å². The molecule has 14 nitrogen and oxygen atoms in total. The van der Waals surface area contributed by atoms with E-state index in [-0.39, 0.29) is 10.6 Å². The van der Waals surface area contributed by atoms with Crippen LogP contribution in [0.2, 0.25) is 0 Å². The van der Waals surface area contributed by atoms with Crippen LogP contribution in [0.15, 0.2) is 12.3 Å². The third-order valence-corrected chi connectivity index (χ3v) is 7.05. The van der Waals surface area contributed by atoms with Crippen LogP contribution in [0, 0.1) is 4.77 Å². The van der Waals surface area contributed by atoms with Crippen molar-refractivity contribution in [3.63, 3.8) is 0 Å². The van der Waals surface area contributed by atoms with Crippen molar-refractivity contribution in [2.24, 2.45) is 0 Å². The van der Waals surface area contributed by atoms with Crippen molar-refractivity contribution >= 4 is 41.5 Å². The van der Waals surface area contributed by atoms with Gasteiger partial charge in [-0.15, -0.1) is 0 Å². The molecule has 2 unspecified atom stereocenters.